The summed E-state index contributed by atoms with van der Waals surface area (Å²) < 4.78 is 10.7. The van der Waals surface area contributed by atoms with E-state index in [9.17, 15) is 14.4 Å². The summed E-state index contributed by atoms with van der Waals surface area (Å²) in [5, 5.41) is 5.97. The van der Waals surface area contributed by atoms with E-state index in [1.165, 1.54) is 36.6 Å². The zero-order chi connectivity index (χ0) is 24.8. The molecule has 1 heterocycles. The van der Waals surface area contributed by atoms with Crippen LogP contribution in [-0.2, 0) is 9.53 Å². The van der Waals surface area contributed by atoms with Gasteiger partial charge in [0.15, 0.2) is 5.76 Å². The minimum Gasteiger partial charge on any atom is -0.459 e. The van der Waals surface area contributed by atoms with E-state index in [0.717, 1.165) is 0 Å². The lowest BCUT2D eigenvalue weighted by molar-refractivity contribution is -0.125. The van der Waals surface area contributed by atoms with E-state index < -0.39 is 23.9 Å². The number of furan rings is 1. The molecule has 0 saturated heterocycles. The van der Waals surface area contributed by atoms with E-state index in [0.29, 0.717) is 21.3 Å². The predicted octanol–water partition coefficient (Wildman–Crippen LogP) is 6.38. The highest BCUT2D eigenvalue weighted by atomic mass is 35.5. The number of benzene rings is 3. The SMILES string of the molecule is O=C(Nc1ccccc1C(=O)OC(C(=O)Nc1cc(Cl)cc(Cl)c1)c1ccccc1)c1ccco1. The van der Waals surface area contributed by atoms with Crippen molar-refractivity contribution in [1.82, 2.24) is 0 Å². The number of carbonyl (C=O) groups excluding carboxylic acids is 3. The summed E-state index contributed by atoms with van der Waals surface area (Å²) in [6.45, 7) is 0. The normalized spacial score (nSPS) is 11.4. The van der Waals surface area contributed by atoms with Crippen molar-refractivity contribution in [2.45, 2.75) is 6.10 Å². The minimum atomic E-state index is -1.30. The fraction of sp³-hybridized carbons (Fsp3) is 0.0385. The topological polar surface area (TPSA) is 97.6 Å². The number of hydrogen-bond donors (Lipinski definition) is 2. The highest BCUT2D eigenvalue weighted by molar-refractivity contribution is 6.35. The number of para-hydroxylation sites is 1. The van der Waals surface area contributed by atoms with Crippen LogP contribution in [-0.4, -0.2) is 17.8 Å². The minimum absolute atomic E-state index is 0.0620. The molecule has 0 bridgehead atoms. The van der Waals surface area contributed by atoms with Crippen LogP contribution in [0.25, 0.3) is 0 Å². The van der Waals surface area contributed by atoms with E-state index in [-0.39, 0.29) is 17.0 Å². The van der Waals surface area contributed by atoms with Gasteiger partial charge < -0.3 is 19.8 Å². The van der Waals surface area contributed by atoms with Gasteiger partial charge in [0.2, 0.25) is 6.10 Å². The molecule has 176 valence electrons. The molecule has 7 nitrogen and oxygen atoms in total. The average molecular weight is 509 g/mol. The maximum absolute atomic E-state index is 13.2. The second-order valence-corrected chi connectivity index (χ2v) is 8.19. The first-order chi connectivity index (χ1) is 16.9. The quantitative estimate of drug-likeness (QED) is 0.282. The van der Waals surface area contributed by atoms with Gasteiger partial charge in [0.05, 0.1) is 17.5 Å². The van der Waals surface area contributed by atoms with Crippen molar-refractivity contribution in [1.29, 1.82) is 0 Å². The van der Waals surface area contributed by atoms with Crippen LogP contribution >= 0.6 is 23.2 Å². The third kappa shape index (κ3) is 6.09. The maximum Gasteiger partial charge on any atom is 0.341 e. The molecule has 1 aromatic heterocycles. The maximum atomic E-state index is 13.2. The van der Waals surface area contributed by atoms with Gasteiger partial charge in [-0.3, -0.25) is 9.59 Å². The Morgan fingerprint density at radius 2 is 1.49 bits per heavy atom. The van der Waals surface area contributed by atoms with Crippen LogP contribution in [0.3, 0.4) is 0 Å². The number of ether oxygens (including phenoxy) is 1. The summed E-state index contributed by atoms with van der Waals surface area (Å²) in [5.74, 6) is -1.88. The van der Waals surface area contributed by atoms with Crippen LogP contribution in [0.1, 0.15) is 32.6 Å². The van der Waals surface area contributed by atoms with Gasteiger partial charge in [0.25, 0.3) is 11.8 Å². The highest BCUT2D eigenvalue weighted by Crippen LogP contribution is 2.27. The summed E-state index contributed by atoms with van der Waals surface area (Å²) in [5.41, 5.74) is 1.05. The first-order valence-corrected chi connectivity index (χ1v) is 11.1. The molecular formula is C26H18Cl2N2O5. The molecule has 4 aromatic rings. The summed E-state index contributed by atoms with van der Waals surface area (Å²) in [6.07, 6.45) is 0.0703. The molecule has 1 atom stereocenters. The molecule has 0 saturated carbocycles. The van der Waals surface area contributed by atoms with E-state index >= 15 is 0 Å². The molecule has 9 heteroatoms. The number of hydrogen-bond acceptors (Lipinski definition) is 5. The Morgan fingerprint density at radius 1 is 0.800 bits per heavy atom. The monoisotopic (exact) mass is 508 g/mol. The Labute approximate surface area is 210 Å². The summed E-state index contributed by atoms with van der Waals surface area (Å²) >= 11 is 12.1. The lowest BCUT2D eigenvalue weighted by Gasteiger charge is -2.19. The van der Waals surface area contributed by atoms with Crippen LogP contribution in [0.15, 0.2) is 95.6 Å². The molecule has 0 spiro atoms. The van der Waals surface area contributed by atoms with Crippen molar-refractivity contribution in [2.75, 3.05) is 10.6 Å². The Morgan fingerprint density at radius 3 is 2.17 bits per heavy atom. The fourth-order valence-corrected chi connectivity index (χ4v) is 3.79. The molecule has 0 aliphatic carbocycles. The van der Waals surface area contributed by atoms with Gasteiger partial charge in [-0.2, -0.15) is 0 Å². The highest BCUT2D eigenvalue weighted by Gasteiger charge is 2.27. The first-order valence-electron chi connectivity index (χ1n) is 10.4. The largest absolute Gasteiger partial charge is 0.459 e. The lowest BCUT2D eigenvalue weighted by atomic mass is 10.1. The van der Waals surface area contributed by atoms with Gasteiger partial charge in [-0.15, -0.1) is 0 Å². The van der Waals surface area contributed by atoms with Crippen LogP contribution in [0.4, 0.5) is 11.4 Å². The van der Waals surface area contributed by atoms with Crippen molar-refractivity contribution in [3.8, 4) is 0 Å². The number of anilines is 2. The molecular weight excluding hydrogens is 491 g/mol. The van der Waals surface area contributed by atoms with Crippen molar-refractivity contribution in [3.63, 3.8) is 0 Å². The molecule has 35 heavy (non-hydrogen) atoms. The van der Waals surface area contributed by atoms with Gasteiger partial charge in [-0.05, 0) is 42.5 Å². The standard InChI is InChI=1S/C26H18Cl2N2O5/c27-17-13-18(28)15-19(14-17)29-25(32)23(16-7-2-1-3-8-16)35-26(33)20-9-4-5-10-21(20)30-24(31)22-11-6-12-34-22/h1-15,23H,(H,29,32)(H,30,31). The van der Waals surface area contributed by atoms with E-state index in [2.05, 4.69) is 10.6 Å². The molecule has 4 rings (SSSR count). The summed E-state index contributed by atoms with van der Waals surface area (Å²) in [4.78, 5) is 38.7. The van der Waals surface area contributed by atoms with Crippen molar-refractivity contribution < 1.29 is 23.5 Å². The fourth-order valence-electron chi connectivity index (χ4n) is 3.27. The van der Waals surface area contributed by atoms with Gasteiger partial charge in [0.1, 0.15) is 0 Å². The Kier molecular flexibility index (Phi) is 7.50. The van der Waals surface area contributed by atoms with Crippen LogP contribution in [0, 0.1) is 0 Å². The molecule has 3 aromatic carbocycles. The molecule has 1 unspecified atom stereocenters. The van der Waals surface area contributed by atoms with E-state index in [1.807, 2.05) is 0 Å². The molecule has 0 fully saturated rings. The van der Waals surface area contributed by atoms with Gasteiger partial charge in [0, 0.05) is 21.3 Å². The molecule has 0 radical (unpaired) electrons. The van der Waals surface area contributed by atoms with Gasteiger partial charge in [-0.25, -0.2) is 4.79 Å². The molecule has 0 aliphatic heterocycles. The van der Waals surface area contributed by atoms with Crippen molar-refractivity contribution in [2.24, 2.45) is 0 Å². The van der Waals surface area contributed by atoms with Crippen LogP contribution in [0.5, 0.6) is 0 Å². The number of nitrogens with one attached hydrogen (secondary N) is 2. The lowest BCUT2D eigenvalue weighted by Crippen LogP contribution is -2.26. The second kappa shape index (κ2) is 10.9. The van der Waals surface area contributed by atoms with Crippen molar-refractivity contribution >= 4 is 52.4 Å². The first kappa shape index (κ1) is 24.1. The molecule has 2 N–H and O–H groups in total. The Hall–Kier alpha value is -4.07. The number of carbonyl (C=O) groups is 3. The zero-order valence-corrected chi connectivity index (χ0v) is 19.5. The van der Waals surface area contributed by atoms with Gasteiger partial charge in [-0.1, -0.05) is 65.7 Å². The summed E-state index contributed by atoms with van der Waals surface area (Å²) in [6, 6.07) is 22.5. The Balaban J connectivity index is 1.59. The second-order valence-electron chi connectivity index (χ2n) is 7.32. The third-order valence-corrected chi connectivity index (χ3v) is 5.27. The molecule has 0 aliphatic rings. The number of esters is 1. The van der Waals surface area contributed by atoms with Crippen LogP contribution in [0.2, 0.25) is 10.0 Å². The number of rotatable bonds is 7. The molecule has 2 amide bonds. The van der Waals surface area contributed by atoms with Gasteiger partial charge >= 0.3 is 5.97 Å². The number of halogens is 2. The number of amides is 2. The zero-order valence-electron chi connectivity index (χ0n) is 18.0. The van der Waals surface area contributed by atoms with Crippen molar-refractivity contribution in [3.05, 3.63) is 118 Å². The smallest absolute Gasteiger partial charge is 0.341 e. The van der Waals surface area contributed by atoms with Crippen LogP contribution < -0.4 is 10.6 Å². The van der Waals surface area contributed by atoms with E-state index in [1.54, 1.807) is 54.6 Å². The predicted molar refractivity (Wildman–Crippen MR) is 133 cm³/mol. The third-order valence-electron chi connectivity index (χ3n) is 4.84. The average Bonchev–Trinajstić information content (AvgIpc) is 3.38. The Bertz CT molecular complexity index is 1340. The summed E-state index contributed by atoms with van der Waals surface area (Å²) in [7, 11) is 0. The van der Waals surface area contributed by atoms with E-state index in [4.69, 9.17) is 32.4 Å².